The fourth-order valence-electron chi connectivity index (χ4n) is 3.06. The molecule has 1 aromatic rings. The number of ether oxygens (including phenoxy) is 1. The van der Waals surface area contributed by atoms with E-state index in [0.717, 1.165) is 13.2 Å². The Labute approximate surface area is 108 Å². The van der Waals surface area contributed by atoms with Crippen molar-refractivity contribution in [3.63, 3.8) is 0 Å². The maximum atomic E-state index is 5.93. The Kier molecular flexibility index (Phi) is 3.43. The Morgan fingerprint density at radius 3 is 3.11 bits per heavy atom. The van der Waals surface area contributed by atoms with E-state index in [2.05, 4.69) is 27.2 Å². The van der Waals surface area contributed by atoms with Gasteiger partial charge in [-0.25, -0.2) is 9.97 Å². The van der Waals surface area contributed by atoms with E-state index in [1.807, 2.05) is 6.07 Å². The van der Waals surface area contributed by atoms with E-state index in [1.165, 1.54) is 19.5 Å². The van der Waals surface area contributed by atoms with Gasteiger partial charge in [0.05, 0.1) is 12.7 Å². The number of fused-ring (bicyclic) bond motifs is 1. The molecule has 3 rings (SSSR count). The fourth-order valence-corrected chi connectivity index (χ4v) is 3.06. The highest BCUT2D eigenvalue weighted by Gasteiger charge is 2.39. The van der Waals surface area contributed by atoms with Crippen molar-refractivity contribution in [1.82, 2.24) is 14.9 Å². The standard InChI is InChI=1S/C13H20N4O/c1-17-6-3-11-10(8-17)9-18-12(11)7-16-13-14-4-2-5-15-13/h2,4-5,10-12H,3,6-9H2,1H3,(H,14,15,16)/t10-,11-,12-/m1/s1. The van der Waals surface area contributed by atoms with Gasteiger partial charge < -0.3 is 15.0 Å². The number of piperidine rings is 1. The number of hydrogen-bond donors (Lipinski definition) is 1. The molecule has 1 N–H and O–H groups in total. The average Bonchev–Trinajstić information content (AvgIpc) is 2.80. The topological polar surface area (TPSA) is 50.3 Å². The molecule has 2 aliphatic rings. The molecule has 0 aliphatic carbocycles. The van der Waals surface area contributed by atoms with E-state index in [0.29, 0.717) is 23.9 Å². The third kappa shape index (κ3) is 2.47. The molecule has 18 heavy (non-hydrogen) atoms. The van der Waals surface area contributed by atoms with Crippen molar-refractivity contribution in [3.05, 3.63) is 18.5 Å². The minimum atomic E-state index is 0.313. The second kappa shape index (κ2) is 5.20. The summed E-state index contributed by atoms with van der Waals surface area (Å²) in [5, 5.41) is 3.27. The minimum absolute atomic E-state index is 0.313. The van der Waals surface area contributed by atoms with Gasteiger partial charge in [-0.2, -0.15) is 0 Å². The van der Waals surface area contributed by atoms with Crippen LogP contribution in [0.15, 0.2) is 18.5 Å². The quantitative estimate of drug-likeness (QED) is 0.859. The van der Waals surface area contributed by atoms with Gasteiger partial charge in [0.2, 0.25) is 5.95 Å². The SMILES string of the molecule is CN1CC[C@@H]2[C@@H](CO[C@@H]2CNc2ncccn2)C1. The van der Waals surface area contributed by atoms with Gasteiger partial charge in [0.1, 0.15) is 0 Å². The summed E-state index contributed by atoms with van der Waals surface area (Å²) in [6, 6.07) is 1.82. The summed E-state index contributed by atoms with van der Waals surface area (Å²) < 4.78 is 5.93. The Bertz CT molecular complexity index is 386. The van der Waals surface area contributed by atoms with E-state index in [1.54, 1.807) is 12.4 Å². The van der Waals surface area contributed by atoms with Gasteiger partial charge in [-0.3, -0.25) is 0 Å². The first-order valence-corrected chi connectivity index (χ1v) is 6.64. The summed E-state index contributed by atoms with van der Waals surface area (Å²) in [6.45, 7) is 4.07. The molecule has 98 valence electrons. The molecule has 0 spiro atoms. The van der Waals surface area contributed by atoms with Crippen molar-refractivity contribution < 1.29 is 4.74 Å². The zero-order valence-electron chi connectivity index (χ0n) is 10.7. The second-order valence-corrected chi connectivity index (χ2v) is 5.30. The highest BCUT2D eigenvalue weighted by molar-refractivity contribution is 5.22. The fraction of sp³-hybridized carbons (Fsp3) is 0.692. The first-order chi connectivity index (χ1) is 8.83. The van der Waals surface area contributed by atoms with Crippen LogP contribution in [0.25, 0.3) is 0 Å². The first kappa shape index (κ1) is 11.9. The lowest BCUT2D eigenvalue weighted by Crippen LogP contribution is -2.40. The molecule has 1 aromatic heterocycles. The molecule has 2 fully saturated rings. The van der Waals surface area contributed by atoms with Crippen LogP contribution < -0.4 is 5.32 Å². The highest BCUT2D eigenvalue weighted by atomic mass is 16.5. The monoisotopic (exact) mass is 248 g/mol. The maximum Gasteiger partial charge on any atom is 0.222 e. The van der Waals surface area contributed by atoms with Gasteiger partial charge in [0, 0.05) is 31.4 Å². The van der Waals surface area contributed by atoms with Crippen molar-refractivity contribution in [1.29, 1.82) is 0 Å². The summed E-state index contributed by atoms with van der Waals surface area (Å²) in [5.41, 5.74) is 0. The Morgan fingerprint density at radius 1 is 1.44 bits per heavy atom. The third-order valence-corrected chi connectivity index (χ3v) is 4.02. The van der Waals surface area contributed by atoms with E-state index < -0.39 is 0 Å². The average molecular weight is 248 g/mol. The van der Waals surface area contributed by atoms with Gasteiger partial charge in [-0.15, -0.1) is 0 Å². The van der Waals surface area contributed by atoms with Crippen LogP contribution in [0.3, 0.4) is 0 Å². The van der Waals surface area contributed by atoms with Crippen molar-refractivity contribution in [2.45, 2.75) is 12.5 Å². The summed E-state index contributed by atoms with van der Waals surface area (Å²) in [5.74, 6) is 2.09. The molecule has 0 radical (unpaired) electrons. The van der Waals surface area contributed by atoms with Crippen LogP contribution in [0.5, 0.6) is 0 Å². The van der Waals surface area contributed by atoms with Gasteiger partial charge in [0.25, 0.3) is 0 Å². The molecule has 0 saturated carbocycles. The van der Waals surface area contributed by atoms with Gasteiger partial charge >= 0.3 is 0 Å². The zero-order valence-corrected chi connectivity index (χ0v) is 10.7. The number of likely N-dealkylation sites (tertiary alicyclic amines) is 1. The number of aromatic nitrogens is 2. The predicted molar refractivity (Wildman–Crippen MR) is 69.4 cm³/mol. The highest BCUT2D eigenvalue weighted by Crippen LogP contribution is 2.33. The van der Waals surface area contributed by atoms with Crippen molar-refractivity contribution in [2.24, 2.45) is 11.8 Å². The molecule has 0 unspecified atom stereocenters. The van der Waals surface area contributed by atoms with Crippen LogP contribution in [0, 0.1) is 11.8 Å². The number of anilines is 1. The minimum Gasteiger partial charge on any atom is -0.376 e. The summed E-state index contributed by atoms with van der Waals surface area (Å²) in [6.07, 6.45) is 5.06. The van der Waals surface area contributed by atoms with Crippen LogP contribution in [0.1, 0.15) is 6.42 Å². The number of rotatable bonds is 3. The first-order valence-electron chi connectivity index (χ1n) is 6.64. The maximum absolute atomic E-state index is 5.93. The van der Waals surface area contributed by atoms with Crippen LogP contribution >= 0.6 is 0 Å². The van der Waals surface area contributed by atoms with Crippen molar-refractivity contribution in [2.75, 3.05) is 38.6 Å². The second-order valence-electron chi connectivity index (χ2n) is 5.30. The molecule has 0 bridgehead atoms. The molecule has 5 nitrogen and oxygen atoms in total. The van der Waals surface area contributed by atoms with Crippen LogP contribution in [0.2, 0.25) is 0 Å². The van der Waals surface area contributed by atoms with Crippen LogP contribution in [0.4, 0.5) is 5.95 Å². The molecule has 5 heteroatoms. The van der Waals surface area contributed by atoms with Crippen LogP contribution in [-0.4, -0.2) is 54.3 Å². The Morgan fingerprint density at radius 2 is 2.28 bits per heavy atom. The van der Waals surface area contributed by atoms with Gasteiger partial charge in [-0.1, -0.05) is 0 Å². The lowest BCUT2D eigenvalue weighted by Gasteiger charge is -2.33. The molecule has 0 amide bonds. The molecule has 3 heterocycles. The summed E-state index contributed by atoms with van der Waals surface area (Å²) in [4.78, 5) is 10.7. The number of nitrogens with one attached hydrogen (secondary N) is 1. The van der Waals surface area contributed by atoms with Gasteiger partial charge in [-0.05, 0) is 32.0 Å². The van der Waals surface area contributed by atoms with Crippen LogP contribution in [-0.2, 0) is 4.74 Å². The number of nitrogens with zero attached hydrogens (tertiary/aromatic N) is 3. The van der Waals surface area contributed by atoms with E-state index in [4.69, 9.17) is 4.74 Å². The molecule has 2 saturated heterocycles. The lowest BCUT2D eigenvalue weighted by molar-refractivity contribution is 0.0969. The molecular formula is C13H20N4O. The Balaban J connectivity index is 1.55. The number of hydrogen-bond acceptors (Lipinski definition) is 5. The van der Waals surface area contributed by atoms with E-state index >= 15 is 0 Å². The third-order valence-electron chi connectivity index (χ3n) is 4.02. The normalized spacial score (nSPS) is 32.2. The van der Waals surface area contributed by atoms with Crippen molar-refractivity contribution in [3.8, 4) is 0 Å². The molecule has 2 aliphatic heterocycles. The lowest BCUT2D eigenvalue weighted by atomic mass is 9.84. The summed E-state index contributed by atoms with van der Waals surface area (Å²) >= 11 is 0. The summed E-state index contributed by atoms with van der Waals surface area (Å²) in [7, 11) is 2.19. The largest absolute Gasteiger partial charge is 0.376 e. The predicted octanol–water partition coefficient (Wildman–Crippen LogP) is 0.855. The van der Waals surface area contributed by atoms with Crippen molar-refractivity contribution >= 4 is 5.95 Å². The molecule has 0 aromatic carbocycles. The van der Waals surface area contributed by atoms with Gasteiger partial charge in [0.15, 0.2) is 0 Å². The smallest absolute Gasteiger partial charge is 0.222 e. The zero-order chi connectivity index (χ0) is 12.4. The molecular weight excluding hydrogens is 228 g/mol. The van der Waals surface area contributed by atoms with E-state index in [9.17, 15) is 0 Å². The van der Waals surface area contributed by atoms with E-state index in [-0.39, 0.29) is 0 Å². The molecule has 3 atom stereocenters. The Hall–Kier alpha value is -1.20.